The molecular formula is C21H30N6O2. The molecule has 2 aromatic heterocycles. The van der Waals surface area contributed by atoms with E-state index in [1.165, 1.54) is 0 Å². The molecule has 1 aliphatic heterocycles. The summed E-state index contributed by atoms with van der Waals surface area (Å²) in [5.74, 6) is 0.0871. The summed E-state index contributed by atoms with van der Waals surface area (Å²) in [5.41, 5.74) is 4.82. The Labute approximate surface area is 172 Å². The molecule has 3 rings (SSSR count). The Morgan fingerprint density at radius 2 is 2.03 bits per heavy atom. The number of amides is 1. The molecule has 1 amide bonds. The van der Waals surface area contributed by atoms with Crippen molar-refractivity contribution in [1.82, 2.24) is 24.4 Å². The number of ether oxygens (including phenoxy) is 1. The maximum Gasteiger partial charge on any atom is 0.222 e. The summed E-state index contributed by atoms with van der Waals surface area (Å²) in [4.78, 5) is 21.7. The zero-order valence-corrected chi connectivity index (χ0v) is 17.6. The van der Waals surface area contributed by atoms with E-state index in [9.17, 15) is 4.79 Å². The fourth-order valence-corrected chi connectivity index (χ4v) is 3.83. The number of hydrogen-bond acceptors (Lipinski definition) is 6. The minimum Gasteiger partial charge on any atom is -0.379 e. The van der Waals surface area contributed by atoms with Gasteiger partial charge in [-0.2, -0.15) is 10.4 Å². The minimum atomic E-state index is 0.0871. The number of carbonyl (C=O) groups is 1. The second-order valence-electron chi connectivity index (χ2n) is 7.56. The summed E-state index contributed by atoms with van der Waals surface area (Å²) < 4.78 is 7.24. The first kappa shape index (κ1) is 21.2. The average molecular weight is 399 g/mol. The maximum absolute atomic E-state index is 12.9. The molecule has 1 fully saturated rings. The highest BCUT2D eigenvalue weighted by atomic mass is 16.5. The summed E-state index contributed by atoms with van der Waals surface area (Å²) in [6, 6.07) is 4.12. The molecule has 8 heteroatoms. The first-order chi connectivity index (χ1) is 14.0. The van der Waals surface area contributed by atoms with Crippen LogP contribution in [0.5, 0.6) is 0 Å². The molecule has 0 aromatic carbocycles. The molecule has 0 saturated carbocycles. The van der Waals surface area contributed by atoms with Crippen LogP contribution in [0.15, 0.2) is 6.07 Å². The molecule has 0 N–H and O–H groups in total. The van der Waals surface area contributed by atoms with E-state index in [0.29, 0.717) is 32.4 Å². The van der Waals surface area contributed by atoms with Crippen molar-refractivity contribution < 1.29 is 9.53 Å². The van der Waals surface area contributed by atoms with E-state index in [1.807, 2.05) is 36.3 Å². The monoisotopic (exact) mass is 398 g/mol. The fraction of sp³-hybridized carbons (Fsp3) is 0.619. The van der Waals surface area contributed by atoms with E-state index in [4.69, 9.17) is 10.00 Å². The summed E-state index contributed by atoms with van der Waals surface area (Å²) in [6.45, 7) is 11.2. The highest BCUT2D eigenvalue weighted by molar-refractivity contribution is 5.76. The molecule has 0 unspecified atom stereocenters. The number of rotatable bonds is 8. The first-order valence-corrected chi connectivity index (χ1v) is 10.3. The average Bonchev–Trinajstić information content (AvgIpc) is 3.08. The predicted molar refractivity (Wildman–Crippen MR) is 110 cm³/mol. The smallest absolute Gasteiger partial charge is 0.222 e. The molecule has 8 nitrogen and oxygen atoms in total. The molecule has 29 heavy (non-hydrogen) atoms. The van der Waals surface area contributed by atoms with Crippen LogP contribution in [0.3, 0.4) is 0 Å². The van der Waals surface area contributed by atoms with Gasteiger partial charge in [0.05, 0.1) is 31.4 Å². The van der Waals surface area contributed by atoms with E-state index in [1.54, 1.807) is 0 Å². The van der Waals surface area contributed by atoms with Crippen molar-refractivity contribution in [2.75, 3.05) is 45.9 Å². The number of hydrogen-bond donors (Lipinski definition) is 0. The Balaban J connectivity index is 1.64. The SMILES string of the molecule is Cc1cc2nc(C)c(CCC(=O)N(CCC#N)CCN3CCOCC3)c(C)n2n1. The lowest BCUT2D eigenvalue weighted by Crippen LogP contribution is -2.43. The van der Waals surface area contributed by atoms with Gasteiger partial charge in [-0.05, 0) is 32.8 Å². The van der Waals surface area contributed by atoms with Crippen molar-refractivity contribution in [3.63, 3.8) is 0 Å². The van der Waals surface area contributed by atoms with Crippen molar-refractivity contribution in [1.29, 1.82) is 5.26 Å². The number of aryl methyl sites for hydroxylation is 3. The van der Waals surface area contributed by atoms with Gasteiger partial charge in [0.25, 0.3) is 0 Å². The normalized spacial score (nSPS) is 14.8. The summed E-state index contributed by atoms with van der Waals surface area (Å²) in [5, 5.41) is 13.5. The maximum atomic E-state index is 12.9. The van der Waals surface area contributed by atoms with Gasteiger partial charge in [0, 0.05) is 56.6 Å². The summed E-state index contributed by atoms with van der Waals surface area (Å²) >= 11 is 0. The summed E-state index contributed by atoms with van der Waals surface area (Å²) in [7, 11) is 0. The van der Waals surface area contributed by atoms with Crippen LogP contribution < -0.4 is 0 Å². The van der Waals surface area contributed by atoms with Crippen LogP contribution in [0, 0.1) is 32.1 Å². The zero-order valence-electron chi connectivity index (χ0n) is 17.6. The van der Waals surface area contributed by atoms with Gasteiger partial charge in [0.1, 0.15) is 0 Å². The molecular weight excluding hydrogens is 368 g/mol. The third-order valence-electron chi connectivity index (χ3n) is 5.51. The Hall–Kier alpha value is -2.50. The topological polar surface area (TPSA) is 86.8 Å². The Kier molecular flexibility index (Phi) is 7.18. The lowest BCUT2D eigenvalue weighted by molar-refractivity contribution is -0.131. The van der Waals surface area contributed by atoms with Crippen LogP contribution in [0.4, 0.5) is 0 Å². The van der Waals surface area contributed by atoms with Gasteiger partial charge in [-0.3, -0.25) is 9.69 Å². The van der Waals surface area contributed by atoms with Crippen molar-refractivity contribution in [3.8, 4) is 6.07 Å². The minimum absolute atomic E-state index is 0.0871. The first-order valence-electron chi connectivity index (χ1n) is 10.3. The molecule has 1 saturated heterocycles. The second-order valence-corrected chi connectivity index (χ2v) is 7.56. The van der Waals surface area contributed by atoms with E-state index < -0.39 is 0 Å². The van der Waals surface area contributed by atoms with Crippen LogP contribution in [0.1, 0.15) is 35.5 Å². The number of nitrogens with zero attached hydrogens (tertiary/aromatic N) is 6. The number of carbonyl (C=O) groups excluding carboxylic acids is 1. The molecule has 0 atom stereocenters. The van der Waals surface area contributed by atoms with Gasteiger partial charge in [0.2, 0.25) is 5.91 Å². The van der Waals surface area contributed by atoms with Gasteiger partial charge in [-0.1, -0.05) is 0 Å². The van der Waals surface area contributed by atoms with Crippen molar-refractivity contribution in [2.24, 2.45) is 0 Å². The largest absolute Gasteiger partial charge is 0.379 e. The summed E-state index contributed by atoms with van der Waals surface area (Å²) in [6.07, 6.45) is 1.38. The van der Waals surface area contributed by atoms with Crippen LogP contribution >= 0.6 is 0 Å². The zero-order chi connectivity index (χ0) is 20.8. The lowest BCUT2D eigenvalue weighted by Gasteiger charge is -2.30. The molecule has 2 aromatic rings. The molecule has 0 aliphatic carbocycles. The van der Waals surface area contributed by atoms with Gasteiger partial charge in [-0.25, -0.2) is 9.50 Å². The van der Waals surface area contributed by atoms with Crippen LogP contribution in [0.25, 0.3) is 5.65 Å². The molecule has 0 bridgehead atoms. The molecule has 0 spiro atoms. The van der Waals surface area contributed by atoms with Gasteiger partial charge < -0.3 is 9.64 Å². The van der Waals surface area contributed by atoms with Crippen LogP contribution in [-0.2, 0) is 16.0 Å². The molecule has 156 valence electrons. The van der Waals surface area contributed by atoms with Crippen LogP contribution in [0.2, 0.25) is 0 Å². The lowest BCUT2D eigenvalue weighted by atomic mass is 10.1. The fourth-order valence-electron chi connectivity index (χ4n) is 3.83. The van der Waals surface area contributed by atoms with Gasteiger partial charge in [0.15, 0.2) is 5.65 Å². The van der Waals surface area contributed by atoms with Crippen molar-refractivity contribution in [2.45, 2.75) is 40.0 Å². The molecule has 0 radical (unpaired) electrons. The van der Waals surface area contributed by atoms with E-state index in [0.717, 1.165) is 61.1 Å². The number of fused-ring (bicyclic) bond motifs is 1. The number of morpholine rings is 1. The van der Waals surface area contributed by atoms with Crippen LogP contribution in [-0.4, -0.2) is 76.2 Å². The Morgan fingerprint density at radius 3 is 2.76 bits per heavy atom. The Morgan fingerprint density at radius 1 is 1.28 bits per heavy atom. The molecule has 3 heterocycles. The van der Waals surface area contributed by atoms with Crippen molar-refractivity contribution in [3.05, 3.63) is 28.7 Å². The van der Waals surface area contributed by atoms with E-state index in [-0.39, 0.29) is 5.91 Å². The Bertz CT molecular complexity index is 895. The van der Waals surface area contributed by atoms with Gasteiger partial charge >= 0.3 is 0 Å². The second kappa shape index (κ2) is 9.81. The highest BCUT2D eigenvalue weighted by Gasteiger charge is 2.18. The van der Waals surface area contributed by atoms with Crippen molar-refractivity contribution >= 4 is 11.6 Å². The third-order valence-corrected chi connectivity index (χ3v) is 5.51. The van der Waals surface area contributed by atoms with E-state index in [2.05, 4.69) is 21.1 Å². The standard InChI is InChI=1S/C21H30N6O2/c1-16-15-20-23-17(2)19(18(3)27(20)24-16)5-6-21(28)26(8-4-7-22)10-9-25-11-13-29-14-12-25/h15H,4-6,8-14H2,1-3H3. The number of nitriles is 1. The molecule has 1 aliphatic rings. The quantitative estimate of drug-likeness (QED) is 0.672. The van der Waals surface area contributed by atoms with Gasteiger partial charge in [-0.15, -0.1) is 0 Å². The number of aromatic nitrogens is 3. The van der Waals surface area contributed by atoms with E-state index >= 15 is 0 Å². The third kappa shape index (κ3) is 5.31. The predicted octanol–water partition coefficient (Wildman–Crippen LogP) is 1.66. The highest BCUT2D eigenvalue weighted by Crippen LogP contribution is 2.17.